The highest BCUT2D eigenvalue weighted by molar-refractivity contribution is 8.18. The first-order valence-corrected chi connectivity index (χ1v) is 7.91. The van der Waals surface area contributed by atoms with Crippen LogP contribution in [0.5, 0.6) is 0 Å². The van der Waals surface area contributed by atoms with E-state index in [1.54, 1.807) is 18.3 Å². The van der Waals surface area contributed by atoms with Crippen molar-refractivity contribution in [1.29, 1.82) is 0 Å². The molecule has 0 spiro atoms. The van der Waals surface area contributed by atoms with Crippen molar-refractivity contribution >= 4 is 34.9 Å². The number of aliphatic hydroxyl groups excluding tert-OH is 1. The Morgan fingerprint density at radius 1 is 1.50 bits per heavy atom. The number of nitrogens with zero attached hydrogens (tertiary/aromatic N) is 3. The smallest absolute Gasteiger partial charge is 0.290 e. The van der Waals surface area contributed by atoms with E-state index in [1.165, 1.54) is 0 Å². The lowest BCUT2D eigenvalue weighted by Gasteiger charge is -2.31. The number of hydrogen-bond donors (Lipinski definition) is 2. The Kier molecular flexibility index (Phi) is 4.39. The van der Waals surface area contributed by atoms with Crippen LogP contribution in [0.1, 0.15) is 18.5 Å². The van der Waals surface area contributed by atoms with E-state index < -0.39 is 5.91 Å². The van der Waals surface area contributed by atoms with Gasteiger partial charge in [0, 0.05) is 25.9 Å². The van der Waals surface area contributed by atoms with Gasteiger partial charge in [0.25, 0.3) is 11.1 Å². The summed E-state index contributed by atoms with van der Waals surface area (Å²) in [6.07, 6.45) is 5.22. The van der Waals surface area contributed by atoms with Crippen molar-refractivity contribution in [2.45, 2.75) is 12.8 Å². The largest absolute Gasteiger partial charge is 0.396 e. The van der Waals surface area contributed by atoms with Crippen molar-refractivity contribution in [3.8, 4) is 0 Å². The van der Waals surface area contributed by atoms with Gasteiger partial charge in [-0.2, -0.15) is 0 Å². The number of anilines is 1. The molecule has 0 radical (unpaired) electrons. The topological polar surface area (TPSA) is 95.4 Å². The number of imide groups is 1. The first kappa shape index (κ1) is 15.0. The van der Waals surface area contributed by atoms with Crippen LogP contribution >= 0.6 is 11.8 Å². The number of hydrogen-bond acceptors (Lipinski definition) is 7. The molecular formula is C14H16N4O3S. The van der Waals surface area contributed by atoms with Crippen LogP contribution in [0.25, 0.3) is 6.08 Å². The zero-order chi connectivity index (χ0) is 15.5. The predicted molar refractivity (Wildman–Crippen MR) is 83.2 cm³/mol. The number of nitrogens with one attached hydrogen (secondary N) is 1. The molecule has 2 aliphatic rings. The molecule has 22 heavy (non-hydrogen) atoms. The number of amides is 2. The Hall–Kier alpha value is -1.93. The number of piperidine rings is 1. The maximum Gasteiger partial charge on any atom is 0.290 e. The van der Waals surface area contributed by atoms with Gasteiger partial charge in [-0.25, -0.2) is 9.97 Å². The summed E-state index contributed by atoms with van der Waals surface area (Å²) in [6, 6.07) is 1.70. The number of carbonyl (C=O) groups excluding carboxylic acids is 2. The van der Waals surface area contributed by atoms with Gasteiger partial charge in [0.1, 0.15) is 0 Å². The van der Waals surface area contributed by atoms with Crippen molar-refractivity contribution in [2.24, 2.45) is 5.92 Å². The molecule has 2 aliphatic heterocycles. The van der Waals surface area contributed by atoms with Crippen LogP contribution in [-0.4, -0.2) is 45.9 Å². The lowest BCUT2D eigenvalue weighted by atomic mass is 9.99. The Morgan fingerprint density at radius 3 is 3.09 bits per heavy atom. The Morgan fingerprint density at radius 2 is 2.36 bits per heavy atom. The molecule has 1 unspecified atom stereocenters. The summed E-state index contributed by atoms with van der Waals surface area (Å²) >= 11 is 0.868. The molecule has 2 amide bonds. The van der Waals surface area contributed by atoms with Gasteiger partial charge < -0.3 is 10.0 Å². The minimum absolute atomic E-state index is 0.166. The van der Waals surface area contributed by atoms with Crippen molar-refractivity contribution in [1.82, 2.24) is 15.3 Å². The summed E-state index contributed by atoms with van der Waals surface area (Å²) in [7, 11) is 0. The zero-order valence-corrected chi connectivity index (χ0v) is 12.7. The summed E-state index contributed by atoms with van der Waals surface area (Å²) in [5.41, 5.74) is 0.587. The molecule has 0 aliphatic carbocycles. The summed E-state index contributed by atoms with van der Waals surface area (Å²) in [6.45, 7) is 1.74. The van der Waals surface area contributed by atoms with Gasteiger partial charge >= 0.3 is 0 Å². The molecule has 8 heteroatoms. The second kappa shape index (κ2) is 6.45. The lowest BCUT2D eigenvalue weighted by molar-refractivity contribution is -0.115. The third kappa shape index (κ3) is 3.28. The standard InChI is InChI=1S/C14H16N4O3S/c19-8-9-2-1-5-18(7-9)13-15-4-3-10(16-13)6-11-12(20)17-14(21)22-11/h3-4,6,9,19H,1-2,5,7-8H2,(H,17,20,21)/b11-6+. The summed E-state index contributed by atoms with van der Waals surface area (Å²) in [5.74, 6) is 0.434. The molecule has 3 heterocycles. The molecule has 1 aromatic heterocycles. The first-order valence-electron chi connectivity index (χ1n) is 7.09. The fraction of sp³-hybridized carbons (Fsp3) is 0.429. The van der Waals surface area contributed by atoms with Gasteiger partial charge in [-0.3, -0.25) is 14.9 Å². The van der Waals surface area contributed by atoms with E-state index in [9.17, 15) is 14.7 Å². The van der Waals surface area contributed by atoms with Crippen molar-refractivity contribution < 1.29 is 14.7 Å². The molecule has 7 nitrogen and oxygen atoms in total. The zero-order valence-electron chi connectivity index (χ0n) is 11.9. The molecule has 2 fully saturated rings. The average Bonchev–Trinajstić information content (AvgIpc) is 2.85. The molecule has 0 saturated carbocycles. The molecule has 2 saturated heterocycles. The third-order valence-corrected chi connectivity index (χ3v) is 4.46. The Bertz CT molecular complexity index is 634. The van der Waals surface area contributed by atoms with Gasteiger partial charge in [-0.05, 0) is 42.7 Å². The number of thioether (sulfide) groups is 1. The van der Waals surface area contributed by atoms with E-state index in [0.717, 1.165) is 37.7 Å². The van der Waals surface area contributed by atoms with Crippen LogP contribution in [0.15, 0.2) is 17.2 Å². The van der Waals surface area contributed by atoms with E-state index >= 15 is 0 Å². The van der Waals surface area contributed by atoms with E-state index in [-0.39, 0.29) is 17.8 Å². The number of rotatable bonds is 3. The third-order valence-electron chi connectivity index (χ3n) is 3.65. The van der Waals surface area contributed by atoms with Crippen LogP contribution in [-0.2, 0) is 4.79 Å². The maximum atomic E-state index is 11.6. The maximum absolute atomic E-state index is 11.6. The SMILES string of the molecule is O=C1NC(=O)/C(=C\c2ccnc(N3CCCC(CO)C3)n2)S1. The van der Waals surface area contributed by atoms with Crippen LogP contribution in [0.2, 0.25) is 0 Å². The van der Waals surface area contributed by atoms with Crippen LogP contribution in [0.3, 0.4) is 0 Å². The number of aliphatic hydroxyl groups is 1. The van der Waals surface area contributed by atoms with Crippen LogP contribution in [0.4, 0.5) is 10.7 Å². The van der Waals surface area contributed by atoms with Crippen LogP contribution in [0, 0.1) is 5.92 Å². The molecule has 0 bridgehead atoms. The van der Waals surface area contributed by atoms with Gasteiger partial charge in [0.05, 0.1) is 10.6 Å². The normalized spacial score (nSPS) is 24.0. The van der Waals surface area contributed by atoms with E-state index in [2.05, 4.69) is 15.3 Å². The summed E-state index contributed by atoms with van der Waals surface area (Å²) in [4.78, 5) is 33.8. The fourth-order valence-electron chi connectivity index (χ4n) is 2.55. The quantitative estimate of drug-likeness (QED) is 0.802. The van der Waals surface area contributed by atoms with E-state index in [1.807, 2.05) is 4.90 Å². The second-order valence-electron chi connectivity index (χ2n) is 5.27. The predicted octanol–water partition coefficient (Wildman–Crippen LogP) is 1.01. The molecular weight excluding hydrogens is 304 g/mol. The summed E-state index contributed by atoms with van der Waals surface area (Å²) < 4.78 is 0. The van der Waals surface area contributed by atoms with Gasteiger partial charge in [0.15, 0.2) is 0 Å². The van der Waals surface area contributed by atoms with Gasteiger partial charge in [0.2, 0.25) is 5.95 Å². The number of aromatic nitrogens is 2. The molecule has 1 atom stereocenters. The molecule has 0 aromatic carbocycles. The van der Waals surface area contributed by atoms with E-state index in [4.69, 9.17) is 0 Å². The molecule has 116 valence electrons. The lowest BCUT2D eigenvalue weighted by Crippen LogP contribution is -2.37. The van der Waals surface area contributed by atoms with Crippen LogP contribution < -0.4 is 10.2 Å². The molecule has 1 aromatic rings. The minimum Gasteiger partial charge on any atom is -0.396 e. The number of carbonyl (C=O) groups is 2. The van der Waals surface area contributed by atoms with Crippen molar-refractivity contribution in [3.05, 3.63) is 22.9 Å². The monoisotopic (exact) mass is 320 g/mol. The second-order valence-corrected chi connectivity index (χ2v) is 6.29. The first-order chi connectivity index (χ1) is 10.7. The van der Waals surface area contributed by atoms with Gasteiger partial charge in [-0.1, -0.05) is 0 Å². The highest BCUT2D eigenvalue weighted by atomic mass is 32.2. The molecule has 3 rings (SSSR count). The Labute approximate surface area is 131 Å². The van der Waals surface area contributed by atoms with Crippen molar-refractivity contribution in [3.63, 3.8) is 0 Å². The highest BCUT2D eigenvalue weighted by Gasteiger charge is 2.25. The van der Waals surface area contributed by atoms with Gasteiger partial charge in [-0.15, -0.1) is 0 Å². The summed E-state index contributed by atoms with van der Waals surface area (Å²) in [5, 5.41) is 11.1. The Balaban J connectivity index is 1.79. The average molecular weight is 320 g/mol. The van der Waals surface area contributed by atoms with Crippen molar-refractivity contribution in [2.75, 3.05) is 24.6 Å². The molecule has 2 N–H and O–H groups in total. The van der Waals surface area contributed by atoms with E-state index in [0.29, 0.717) is 16.5 Å². The highest BCUT2D eigenvalue weighted by Crippen LogP contribution is 2.26. The minimum atomic E-state index is -0.395. The fourth-order valence-corrected chi connectivity index (χ4v) is 3.21.